The molecule has 0 radical (unpaired) electrons. The van der Waals surface area contributed by atoms with Crippen molar-refractivity contribution in [3.05, 3.63) is 29.6 Å². The summed E-state index contributed by atoms with van der Waals surface area (Å²) in [4.78, 5) is 3.83. The van der Waals surface area contributed by atoms with E-state index in [0.717, 1.165) is 5.56 Å². The zero-order chi connectivity index (χ0) is 10.6. The van der Waals surface area contributed by atoms with E-state index in [1.54, 1.807) is 12.3 Å². The van der Waals surface area contributed by atoms with Crippen LogP contribution in [0.3, 0.4) is 0 Å². The van der Waals surface area contributed by atoms with Crippen molar-refractivity contribution in [3.63, 3.8) is 0 Å². The molecular formula is C9H11BN2O2. The summed E-state index contributed by atoms with van der Waals surface area (Å²) in [6.07, 6.45) is 3.30. The summed E-state index contributed by atoms with van der Waals surface area (Å²) in [5, 5.41) is 26.4. The van der Waals surface area contributed by atoms with E-state index >= 15 is 0 Å². The quantitative estimate of drug-likeness (QED) is 0.681. The van der Waals surface area contributed by atoms with Gasteiger partial charge in [0, 0.05) is 12.4 Å². The van der Waals surface area contributed by atoms with Crippen LogP contribution in [-0.4, -0.2) is 22.2 Å². The lowest BCUT2D eigenvalue weighted by atomic mass is 9.76. The molecule has 0 aliphatic carbocycles. The molecule has 1 aromatic rings. The third-order valence-electron chi connectivity index (χ3n) is 2.07. The van der Waals surface area contributed by atoms with Crippen LogP contribution in [0.1, 0.15) is 24.0 Å². The maximum absolute atomic E-state index is 8.80. The molecule has 1 heterocycles. The van der Waals surface area contributed by atoms with E-state index < -0.39 is 7.12 Å². The molecule has 1 aromatic heterocycles. The predicted molar refractivity (Wildman–Crippen MR) is 52.4 cm³/mol. The summed E-state index contributed by atoms with van der Waals surface area (Å²) in [6, 6.07) is 3.75. The second-order valence-electron chi connectivity index (χ2n) is 3.19. The molecule has 4 nitrogen and oxygen atoms in total. The maximum Gasteiger partial charge on any atom is 0.452 e. The minimum absolute atomic E-state index is 0.0624. The van der Waals surface area contributed by atoms with E-state index in [4.69, 9.17) is 15.3 Å². The van der Waals surface area contributed by atoms with Gasteiger partial charge in [-0.25, -0.2) is 0 Å². The van der Waals surface area contributed by atoms with Crippen molar-refractivity contribution < 1.29 is 10.0 Å². The highest BCUT2D eigenvalue weighted by Crippen LogP contribution is 2.22. The molecule has 0 saturated carbocycles. The number of hydrogen-bond acceptors (Lipinski definition) is 4. The fraction of sp³-hybridized carbons (Fsp3) is 0.333. The Morgan fingerprint density at radius 1 is 1.64 bits per heavy atom. The van der Waals surface area contributed by atoms with E-state index in [0.29, 0.717) is 5.56 Å². The van der Waals surface area contributed by atoms with Gasteiger partial charge in [-0.3, -0.25) is 4.98 Å². The second-order valence-corrected chi connectivity index (χ2v) is 3.19. The van der Waals surface area contributed by atoms with Gasteiger partial charge in [0.1, 0.15) is 6.07 Å². The first-order chi connectivity index (χ1) is 6.65. The van der Waals surface area contributed by atoms with Crippen LogP contribution in [0.2, 0.25) is 6.32 Å². The lowest BCUT2D eigenvalue weighted by Crippen LogP contribution is -2.14. The molecule has 72 valence electrons. The number of hydrogen-bond donors (Lipinski definition) is 2. The average Bonchev–Trinajstić information content (AvgIpc) is 2.16. The van der Waals surface area contributed by atoms with Crippen LogP contribution >= 0.6 is 0 Å². The third-order valence-corrected chi connectivity index (χ3v) is 2.07. The van der Waals surface area contributed by atoms with Gasteiger partial charge in [0.15, 0.2) is 0 Å². The highest BCUT2D eigenvalue weighted by Gasteiger charge is 2.17. The predicted octanol–water partition coefficient (Wildman–Crippen LogP) is 0.530. The molecule has 0 amide bonds. The van der Waals surface area contributed by atoms with Gasteiger partial charge in [0.25, 0.3) is 0 Å². The fourth-order valence-corrected chi connectivity index (χ4v) is 1.37. The SMILES string of the molecule is CC(CB(O)O)c1ccncc1C#N. The van der Waals surface area contributed by atoms with Crippen LogP contribution in [0.15, 0.2) is 18.5 Å². The van der Waals surface area contributed by atoms with Gasteiger partial charge >= 0.3 is 7.12 Å². The number of aromatic nitrogens is 1. The standard InChI is InChI=1S/C9H11BN2O2/c1-7(4-10(13)14)9-2-3-12-6-8(9)5-11/h2-3,6-7,13-14H,4H2,1H3. The molecule has 14 heavy (non-hydrogen) atoms. The monoisotopic (exact) mass is 190 g/mol. The zero-order valence-electron chi connectivity index (χ0n) is 7.88. The lowest BCUT2D eigenvalue weighted by Gasteiger charge is -2.11. The van der Waals surface area contributed by atoms with Crippen molar-refractivity contribution in [2.45, 2.75) is 19.2 Å². The highest BCUT2D eigenvalue weighted by molar-refractivity contribution is 6.41. The molecule has 0 fully saturated rings. The molecule has 0 aliphatic heterocycles. The Kier molecular flexibility index (Phi) is 3.63. The molecule has 0 aliphatic rings. The molecule has 1 unspecified atom stereocenters. The largest absolute Gasteiger partial charge is 0.452 e. The van der Waals surface area contributed by atoms with Crippen molar-refractivity contribution >= 4 is 7.12 Å². The fourth-order valence-electron chi connectivity index (χ4n) is 1.37. The van der Waals surface area contributed by atoms with Crippen LogP contribution in [-0.2, 0) is 0 Å². The van der Waals surface area contributed by atoms with Gasteiger partial charge in [-0.1, -0.05) is 6.92 Å². The normalized spacial score (nSPS) is 11.9. The summed E-state index contributed by atoms with van der Waals surface area (Å²) in [5.74, 6) is -0.0624. The Morgan fingerprint density at radius 3 is 2.93 bits per heavy atom. The minimum Gasteiger partial charge on any atom is -0.427 e. The van der Waals surface area contributed by atoms with Gasteiger partial charge < -0.3 is 10.0 Å². The van der Waals surface area contributed by atoms with Crippen LogP contribution in [0.5, 0.6) is 0 Å². The van der Waals surface area contributed by atoms with Crippen LogP contribution < -0.4 is 0 Å². The van der Waals surface area contributed by atoms with E-state index in [2.05, 4.69) is 4.98 Å². The average molecular weight is 190 g/mol. The Hall–Kier alpha value is -1.38. The molecule has 0 aromatic carbocycles. The van der Waals surface area contributed by atoms with Crippen molar-refractivity contribution in [1.82, 2.24) is 4.98 Å². The summed E-state index contributed by atoms with van der Waals surface area (Å²) in [7, 11) is -1.34. The van der Waals surface area contributed by atoms with Gasteiger partial charge in [-0.05, 0) is 23.9 Å². The van der Waals surface area contributed by atoms with E-state index in [9.17, 15) is 0 Å². The van der Waals surface area contributed by atoms with Gasteiger partial charge in [-0.15, -0.1) is 0 Å². The van der Waals surface area contributed by atoms with Crippen molar-refractivity contribution in [2.24, 2.45) is 0 Å². The summed E-state index contributed by atoms with van der Waals surface area (Å²) < 4.78 is 0. The number of nitriles is 1. The Bertz CT molecular complexity index is 349. The second kappa shape index (κ2) is 4.75. The smallest absolute Gasteiger partial charge is 0.427 e. The highest BCUT2D eigenvalue weighted by atomic mass is 16.4. The summed E-state index contributed by atoms with van der Waals surface area (Å²) >= 11 is 0. The Balaban J connectivity index is 2.89. The molecule has 0 bridgehead atoms. The number of pyridine rings is 1. The first-order valence-electron chi connectivity index (χ1n) is 4.35. The minimum atomic E-state index is -1.34. The van der Waals surface area contributed by atoms with Crippen LogP contribution in [0.25, 0.3) is 0 Å². The first kappa shape index (κ1) is 10.7. The molecule has 5 heteroatoms. The van der Waals surface area contributed by atoms with Crippen molar-refractivity contribution in [3.8, 4) is 6.07 Å². The maximum atomic E-state index is 8.80. The zero-order valence-corrected chi connectivity index (χ0v) is 7.88. The molecule has 1 atom stereocenters. The van der Waals surface area contributed by atoms with Gasteiger partial charge in [-0.2, -0.15) is 5.26 Å². The summed E-state index contributed by atoms with van der Waals surface area (Å²) in [6.45, 7) is 1.84. The number of rotatable bonds is 3. The Morgan fingerprint density at radius 2 is 2.36 bits per heavy atom. The third kappa shape index (κ3) is 2.56. The van der Waals surface area contributed by atoms with Crippen molar-refractivity contribution in [1.29, 1.82) is 5.26 Å². The Labute approximate surface area is 83.0 Å². The molecule has 2 N–H and O–H groups in total. The first-order valence-corrected chi connectivity index (χ1v) is 4.35. The molecular weight excluding hydrogens is 179 g/mol. The lowest BCUT2D eigenvalue weighted by molar-refractivity contribution is 0.400. The van der Waals surface area contributed by atoms with E-state index in [1.165, 1.54) is 6.20 Å². The van der Waals surface area contributed by atoms with Gasteiger partial charge in [0.2, 0.25) is 0 Å². The van der Waals surface area contributed by atoms with E-state index in [1.807, 2.05) is 13.0 Å². The molecule has 1 rings (SSSR count). The van der Waals surface area contributed by atoms with Crippen molar-refractivity contribution in [2.75, 3.05) is 0 Å². The van der Waals surface area contributed by atoms with Gasteiger partial charge in [0.05, 0.1) is 5.56 Å². The summed E-state index contributed by atoms with van der Waals surface area (Å²) in [5.41, 5.74) is 1.29. The van der Waals surface area contributed by atoms with E-state index in [-0.39, 0.29) is 12.2 Å². The molecule has 0 spiro atoms. The van der Waals surface area contributed by atoms with Crippen LogP contribution in [0.4, 0.5) is 0 Å². The van der Waals surface area contributed by atoms with Crippen LogP contribution in [0, 0.1) is 11.3 Å². The molecule has 0 saturated heterocycles. The topological polar surface area (TPSA) is 77.1 Å². The number of nitrogens with zero attached hydrogens (tertiary/aromatic N) is 2.